The average Bonchev–Trinajstić information content (AvgIpc) is 3.31. The fourth-order valence-corrected chi connectivity index (χ4v) is 6.16. The smallest absolute Gasteiger partial charge is 0.352 e. The van der Waals surface area contributed by atoms with Crippen LogP contribution in [0.3, 0.4) is 0 Å². The van der Waals surface area contributed by atoms with E-state index in [1.165, 1.54) is 23.8 Å². The van der Waals surface area contributed by atoms with Gasteiger partial charge in [0.2, 0.25) is 0 Å². The van der Waals surface area contributed by atoms with Gasteiger partial charge in [-0.1, -0.05) is 11.2 Å². The maximum atomic E-state index is 13.0. The van der Waals surface area contributed by atoms with E-state index < -0.39 is 29.2 Å². The summed E-state index contributed by atoms with van der Waals surface area (Å²) in [5.41, 5.74) is 6.17. The van der Waals surface area contributed by atoms with Crippen molar-refractivity contribution in [2.45, 2.75) is 18.0 Å². The third kappa shape index (κ3) is 4.44. The van der Waals surface area contributed by atoms with E-state index in [9.17, 15) is 24.6 Å². The van der Waals surface area contributed by atoms with Gasteiger partial charge < -0.3 is 26.1 Å². The molecule has 1 fully saturated rings. The summed E-state index contributed by atoms with van der Waals surface area (Å²) in [4.78, 5) is 48.1. The molecule has 2 atom stereocenters. The predicted octanol–water partition coefficient (Wildman–Crippen LogP) is 0.661. The van der Waals surface area contributed by atoms with Gasteiger partial charge in [-0.3, -0.25) is 14.5 Å². The Labute approximate surface area is 218 Å². The zero-order valence-corrected chi connectivity index (χ0v) is 21.0. The Morgan fingerprint density at radius 3 is 2.89 bits per heavy atom. The Kier molecular flexibility index (Phi) is 6.43. The molecule has 3 aromatic rings. The van der Waals surface area contributed by atoms with Crippen molar-refractivity contribution in [1.29, 1.82) is 0 Å². The number of carbonyl (C=O) groups excluding carboxylic acids is 2. The molecule has 0 spiro atoms. The van der Waals surface area contributed by atoms with Crippen LogP contribution in [0.5, 0.6) is 5.75 Å². The van der Waals surface area contributed by atoms with Crippen molar-refractivity contribution in [1.82, 2.24) is 15.2 Å². The Bertz CT molecular complexity index is 1500. The van der Waals surface area contributed by atoms with Crippen molar-refractivity contribution in [3.8, 4) is 5.75 Å². The molecule has 1 unspecified atom stereocenters. The second-order valence-electron chi connectivity index (χ2n) is 8.21. The number of anilines is 1. The number of aliphatic carboxylic acids is 1. The van der Waals surface area contributed by atoms with Crippen LogP contribution < -0.4 is 15.6 Å². The van der Waals surface area contributed by atoms with Gasteiger partial charge in [0.15, 0.2) is 29.8 Å². The molecule has 12 nitrogen and oxygen atoms in total. The van der Waals surface area contributed by atoms with Crippen LogP contribution >= 0.6 is 23.1 Å². The Balaban J connectivity index is 1.36. The van der Waals surface area contributed by atoms with Gasteiger partial charge in [0.05, 0.1) is 0 Å². The highest BCUT2D eigenvalue weighted by Crippen LogP contribution is 2.40. The highest BCUT2D eigenvalue weighted by Gasteiger charge is 2.54. The quantitative estimate of drug-likeness (QED) is 0.145. The zero-order chi connectivity index (χ0) is 26.3. The number of thiazole rings is 1. The maximum absolute atomic E-state index is 13.0. The Morgan fingerprint density at radius 2 is 2.19 bits per heavy atom. The van der Waals surface area contributed by atoms with Gasteiger partial charge in [0, 0.05) is 33.5 Å². The number of nitrogen functional groups attached to an aromatic ring is 1. The van der Waals surface area contributed by atoms with E-state index in [4.69, 9.17) is 10.6 Å². The number of fused-ring (bicyclic) bond motifs is 2. The number of amides is 2. The van der Waals surface area contributed by atoms with Crippen LogP contribution in [-0.2, 0) is 25.8 Å². The molecule has 4 heterocycles. The third-order valence-corrected chi connectivity index (χ3v) is 7.94. The maximum Gasteiger partial charge on any atom is 0.352 e. The number of benzene rings is 1. The van der Waals surface area contributed by atoms with Gasteiger partial charge in [0.1, 0.15) is 35.7 Å². The number of pyridine rings is 1. The van der Waals surface area contributed by atoms with Crippen LogP contribution in [0.15, 0.2) is 58.5 Å². The number of carbonyl (C=O) groups is 3. The number of β-lactam (4-membered cyclic amide) rings is 1. The normalized spacial score (nSPS) is 19.4. The summed E-state index contributed by atoms with van der Waals surface area (Å²) < 4.78 is 1.80. The second-order valence-corrected chi connectivity index (χ2v) is 10.2. The number of thioether (sulfide) groups is 1. The Hall–Kier alpha value is -4.17. The molecule has 0 saturated carbocycles. The number of phenolic OH excluding ortho intramolecular Hbond substituents is 1. The number of nitrogens with two attached hydrogens (primary N) is 1. The molecule has 37 heavy (non-hydrogen) atoms. The first-order valence-corrected chi connectivity index (χ1v) is 12.9. The van der Waals surface area contributed by atoms with E-state index in [2.05, 4.69) is 15.5 Å². The first-order chi connectivity index (χ1) is 17.8. The molecule has 1 saturated heterocycles. The fraction of sp³-hybridized carbons (Fsp3) is 0.217. The van der Waals surface area contributed by atoms with Gasteiger partial charge in [-0.15, -0.1) is 23.1 Å². The molecule has 0 bridgehead atoms. The molecule has 2 aliphatic rings. The van der Waals surface area contributed by atoms with Crippen LogP contribution in [-0.4, -0.2) is 67.9 Å². The first-order valence-electron chi connectivity index (χ1n) is 10.9. The summed E-state index contributed by atoms with van der Waals surface area (Å²) in [6.07, 6.45) is 3.55. The summed E-state index contributed by atoms with van der Waals surface area (Å²) in [6, 6.07) is 5.97. The van der Waals surface area contributed by atoms with E-state index in [-0.39, 0.29) is 34.5 Å². The summed E-state index contributed by atoms with van der Waals surface area (Å²) in [5.74, 6) is -1.95. The highest BCUT2D eigenvalue weighted by molar-refractivity contribution is 8.00. The van der Waals surface area contributed by atoms with Crippen LogP contribution in [0.25, 0.3) is 10.8 Å². The standard InChI is InChI=1S/C23H20N6O6S2/c1-35-27-16(14-10-37-23(24)25-14)19(31)26-17-20(32)29-18(22(33)34)12(9-36-21(17)29)8-28-6-5-13-11(7-28)3-2-4-15(13)30/h2-7,10,17,21H,8-9H2,1H3,(H4-,24,25,26,30,31,33,34)/p+1/b27-16-/t17?,21-/m1/s1. The monoisotopic (exact) mass is 541 g/mol. The van der Waals surface area contributed by atoms with Crippen LogP contribution in [0.1, 0.15) is 5.69 Å². The second kappa shape index (κ2) is 9.71. The number of hydrogen-bond acceptors (Lipinski definition) is 10. The minimum absolute atomic E-state index is 0.0965. The molecular weight excluding hydrogens is 520 g/mol. The number of carboxylic acids is 1. The predicted molar refractivity (Wildman–Crippen MR) is 136 cm³/mol. The fourth-order valence-electron chi connectivity index (χ4n) is 4.28. The van der Waals surface area contributed by atoms with Crippen molar-refractivity contribution >= 4 is 62.5 Å². The number of rotatable bonds is 7. The SMILES string of the molecule is CO/N=C(\C(=O)NC1C(=O)N2C(C(=O)O)=C(C[n+]3ccc4c(O)cccc4c3)CS[C@H]12)c1csc(N)n1. The number of aromatic nitrogens is 2. The molecule has 0 radical (unpaired) electrons. The number of nitrogens with one attached hydrogen (secondary N) is 1. The lowest BCUT2D eigenvalue weighted by atomic mass is 10.0. The molecule has 5 rings (SSSR count). The molecule has 2 aromatic heterocycles. The average molecular weight is 542 g/mol. The van der Waals surface area contributed by atoms with Gasteiger partial charge in [-0.25, -0.2) is 14.3 Å². The summed E-state index contributed by atoms with van der Waals surface area (Å²) in [6.45, 7) is 0.240. The van der Waals surface area contributed by atoms with Crippen LogP contribution in [0, 0.1) is 0 Å². The number of nitrogens with zero attached hydrogens (tertiary/aromatic N) is 4. The summed E-state index contributed by atoms with van der Waals surface area (Å²) >= 11 is 2.48. The van der Waals surface area contributed by atoms with E-state index in [1.807, 2.05) is 6.07 Å². The molecule has 2 aliphatic heterocycles. The number of hydrogen-bond donors (Lipinski definition) is 4. The van der Waals surface area contributed by atoms with E-state index in [1.54, 1.807) is 40.5 Å². The summed E-state index contributed by atoms with van der Waals surface area (Å²) in [7, 11) is 1.28. The number of oxime groups is 1. The largest absolute Gasteiger partial charge is 0.507 e. The lowest BCUT2D eigenvalue weighted by Gasteiger charge is -2.49. The first kappa shape index (κ1) is 24.5. The molecule has 0 aliphatic carbocycles. The van der Waals surface area contributed by atoms with E-state index >= 15 is 0 Å². The van der Waals surface area contributed by atoms with E-state index in [0.717, 1.165) is 16.7 Å². The molecular formula is C23H21N6O6S2+. The van der Waals surface area contributed by atoms with Crippen molar-refractivity contribution in [3.05, 3.63) is 59.0 Å². The number of phenols is 1. The lowest BCUT2D eigenvalue weighted by molar-refractivity contribution is -0.687. The van der Waals surface area contributed by atoms with E-state index in [0.29, 0.717) is 16.7 Å². The zero-order valence-electron chi connectivity index (χ0n) is 19.3. The van der Waals surface area contributed by atoms with Crippen LogP contribution in [0.4, 0.5) is 5.13 Å². The van der Waals surface area contributed by atoms with Gasteiger partial charge in [-0.05, 0) is 12.1 Å². The van der Waals surface area contributed by atoms with Crippen molar-refractivity contribution in [2.24, 2.45) is 5.16 Å². The van der Waals surface area contributed by atoms with Gasteiger partial charge in [-0.2, -0.15) is 0 Å². The van der Waals surface area contributed by atoms with Crippen LogP contribution in [0.2, 0.25) is 0 Å². The Morgan fingerprint density at radius 1 is 1.38 bits per heavy atom. The minimum atomic E-state index is -1.22. The number of carboxylic acid groups (broad SMARTS) is 1. The van der Waals surface area contributed by atoms with Crippen molar-refractivity contribution in [2.75, 3.05) is 18.6 Å². The van der Waals surface area contributed by atoms with Gasteiger partial charge in [0.25, 0.3) is 11.8 Å². The van der Waals surface area contributed by atoms with Gasteiger partial charge >= 0.3 is 5.97 Å². The van der Waals surface area contributed by atoms with Crippen molar-refractivity contribution in [3.63, 3.8) is 0 Å². The lowest BCUT2D eigenvalue weighted by Crippen LogP contribution is -2.71. The molecule has 2 amide bonds. The minimum Gasteiger partial charge on any atom is -0.507 e. The third-order valence-electron chi connectivity index (χ3n) is 5.93. The molecule has 14 heteroatoms. The summed E-state index contributed by atoms with van der Waals surface area (Å²) in [5, 5.41) is 29.0. The van der Waals surface area contributed by atoms with Crippen molar-refractivity contribution < 1.29 is 34.0 Å². The highest BCUT2D eigenvalue weighted by atomic mass is 32.2. The molecule has 1 aromatic carbocycles. The topological polar surface area (TPSA) is 171 Å². The number of aromatic hydroxyl groups is 1. The molecule has 5 N–H and O–H groups in total. The molecule has 190 valence electrons.